The lowest BCUT2D eigenvalue weighted by atomic mass is 9.99. The molecule has 0 aromatic carbocycles. The summed E-state index contributed by atoms with van der Waals surface area (Å²) in [6, 6.07) is 0.181. The summed E-state index contributed by atoms with van der Waals surface area (Å²) in [6.45, 7) is 5.86. The number of nitrogens with one attached hydrogen (secondary N) is 1. The van der Waals surface area contributed by atoms with Crippen LogP contribution in [0.3, 0.4) is 0 Å². The van der Waals surface area contributed by atoms with E-state index in [0.717, 1.165) is 12.1 Å². The fourth-order valence-corrected chi connectivity index (χ4v) is 0.906. The van der Waals surface area contributed by atoms with Crippen LogP contribution in [0.4, 0.5) is 0 Å². The van der Waals surface area contributed by atoms with E-state index in [9.17, 15) is 0 Å². The number of hydrogen-bond acceptors (Lipinski definition) is 3. The molecule has 0 saturated carbocycles. The molecule has 0 unspecified atom stereocenters. The van der Waals surface area contributed by atoms with Crippen molar-refractivity contribution in [2.45, 2.75) is 33.2 Å². The highest BCUT2D eigenvalue weighted by atomic mass is 15.3. The summed E-state index contributed by atoms with van der Waals surface area (Å²) < 4.78 is 0. The molecule has 0 spiro atoms. The highest BCUT2D eigenvalue weighted by Crippen LogP contribution is 2.06. The van der Waals surface area contributed by atoms with E-state index in [0.29, 0.717) is 5.92 Å². The third-order valence-corrected chi connectivity index (χ3v) is 1.65. The van der Waals surface area contributed by atoms with Crippen molar-refractivity contribution >= 4 is 5.71 Å². The second-order valence-electron chi connectivity index (χ2n) is 2.96. The zero-order chi connectivity index (χ0) is 8.85. The Morgan fingerprint density at radius 3 is 2.45 bits per heavy atom. The van der Waals surface area contributed by atoms with E-state index in [-0.39, 0.29) is 6.04 Å². The molecule has 0 radical (unpaired) electrons. The Morgan fingerprint density at radius 2 is 2.09 bits per heavy atom. The molecular formula is C7H16N4. The number of hydrogen-bond donors (Lipinski definition) is 2. The van der Waals surface area contributed by atoms with Gasteiger partial charge in [0.1, 0.15) is 0 Å². The SMILES string of the molecule is C/C(=N\N=N)[C@H](C)C[C@H](C)N. The summed E-state index contributed by atoms with van der Waals surface area (Å²) in [7, 11) is 0. The van der Waals surface area contributed by atoms with E-state index in [4.69, 9.17) is 11.3 Å². The molecule has 0 aliphatic heterocycles. The Bertz CT molecular complexity index is 151. The van der Waals surface area contributed by atoms with Gasteiger partial charge >= 0.3 is 0 Å². The van der Waals surface area contributed by atoms with Crippen LogP contribution in [-0.2, 0) is 0 Å². The van der Waals surface area contributed by atoms with Crippen LogP contribution in [0.15, 0.2) is 10.3 Å². The first-order valence-corrected chi connectivity index (χ1v) is 3.74. The molecule has 0 saturated heterocycles. The molecule has 4 nitrogen and oxygen atoms in total. The number of nitrogens with two attached hydrogens (primary N) is 1. The molecule has 0 fully saturated rings. The average Bonchev–Trinajstić information content (AvgIpc) is 1.86. The second-order valence-corrected chi connectivity index (χ2v) is 2.96. The highest BCUT2D eigenvalue weighted by Gasteiger charge is 2.07. The third-order valence-electron chi connectivity index (χ3n) is 1.65. The van der Waals surface area contributed by atoms with Crippen LogP contribution >= 0.6 is 0 Å². The minimum absolute atomic E-state index is 0.181. The van der Waals surface area contributed by atoms with Crippen molar-refractivity contribution in [2.24, 2.45) is 22.0 Å². The Kier molecular flexibility index (Phi) is 4.61. The van der Waals surface area contributed by atoms with Gasteiger partial charge in [0.15, 0.2) is 0 Å². The zero-order valence-electron chi connectivity index (χ0n) is 7.33. The van der Waals surface area contributed by atoms with Gasteiger partial charge in [-0.2, -0.15) is 5.53 Å². The minimum Gasteiger partial charge on any atom is -0.328 e. The van der Waals surface area contributed by atoms with Crippen molar-refractivity contribution in [1.29, 1.82) is 5.53 Å². The average molecular weight is 156 g/mol. The summed E-state index contributed by atoms with van der Waals surface area (Å²) in [5, 5.41) is 6.59. The van der Waals surface area contributed by atoms with Crippen LogP contribution in [0.5, 0.6) is 0 Å². The third kappa shape index (κ3) is 4.61. The molecule has 0 aliphatic rings. The first kappa shape index (κ1) is 10.2. The van der Waals surface area contributed by atoms with Gasteiger partial charge in [-0.1, -0.05) is 12.1 Å². The molecule has 0 amide bonds. The van der Waals surface area contributed by atoms with E-state index in [1.807, 2.05) is 20.8 Å². The Balaban J connectivity index is 3.91. The van der Waals surface area contributed by atoms with Crippen molar-refractivity contribution in [2.75, 3.05) is 0 Å². The molecule has 0 aliphatic carbocycles. The highest BCUT2D eigenvalue weighted by molar-refractivity contribution is 5.83. The molecule has 64 valence electrons. The summed E-state index contributed by atoms with van der Waals surface area (Å²) >= 11 is 0. The fourth-order valence-electron chi connectivity index (χ4n) is 0.906. The second kappa shape index (κ2) is 4.96. The summed E-state index contributed by atoms with van der Waals surface area (Å²) in [5.41, 5.74) is 13.0. The summed E-state index contributed by atoms with van der Waals surface area (Å²) in [4.78, 5) is 0. The van der Waals surface area contributed by atoms with Crippen LogP contribution in [0.25, 0.3) is 0 Å². The molecule has 3 N–H and O–H groups in total. The van der Waals surface area contributed by atoms with E-state index in [1.54, 1.807) is 0 Å². The van der Waals surface area contributed by atoms with E-state index < -0.39 is 0 Å². The van der Waals surface area contributed by atoms with Gasteiger partial charge in [0.2, 0.25) is 0 Å². The lowest BCUT2D eigenvalue weighted by molar-refractivity contribution is 0.581. The molecule has 11 heavy (non-hydrogen) atoms. The molecule has 0 heterocycles. The monoisotopic (exact) mass is 156 g/mol. The molecule has 0 rings (SSSR count). The lowest BCUT2D eigenvalue weighted by Crippen LogP contribution is -2.21. The maximum absolute atomic E-state index is 6.52. The molecule has 0 bridgehead atoms. The van der Waals surface area contributed by atoms with Gasteiger partial charge in [0, 0.05) is 11.8 Å². The van der Waals surface area contributed by atoms with E-state index >= 15 is 0 Å². The van der Waals surface area contributed by atoms with Crippen LogP contribution in [0.2, 0.25) is 0 Å². The van der Waals surface area contributed by atoms with Crippen LogP contribution in [0.1, 0.15) is 27.2 Å². The van der Waals surface area contributed by atoms with E-state index in [2.05, 4.69) is 10.3 Å². The largest absolute Gasteiger partial charge is 0.328 e. The van der Waals surface area contributed by atoms with Crippen LogP contribution < -0.4 is 5.73 Å². The number of rotatable bonds is 4. The predicted molar refractivity (Wildman–Crippen MR) is 45.7 cm³/mol. The maximum Gasteiger partial charge on any atom is 0.0421 e. The molecular weight excluding hydrogens is 140 g/mol. The summed E-state index contributed by atoms with van der Waals surface area (Å²) in [5.74, 6) is 0.323. The topological polar surface area (TPSA) is 74.6 Å². The van der Waals surface area contributed by atoms with Crippen molar-refractivity contribution in [3.8, 4) is 0 Å². The summed E-state index contributed by atoms with van der Waals surface area (Å²) in [6.07, 6.45) is 0.894. The standard InChI is InChI=1S/C7H16N4/c1-5(4-6(2)8)7(3)10-11-9/h5-6,9H,4,8H2,1-3H3/b10-7+,11-9?/t5-,6+/m1/s1. The normalized spacial score (nSPS) is 17.6. The molecule has 4 heteroatoms. The zero-order valence-corrected chi connectivity index (χ0v) is 7.33. The molecule has 0 aromatic rings. The molecule has 0 aromatic heterocycles. The van der Waals surface area contributed by atoms with Gasteiger partial charge in [-0.3, -0.25) is 0 Å². The van der Waals surface area contributed by atoms with Gasteiger partial charge < -0.3 is 5.73 Å². The number of nitrogens with zero attached hydrogens (tertiary/aromatic N) is 2. The van der Waals surface area contributed by atoms with Crippen molar-refractivity contribution in [3.63, 3.8) is 0 Å². The lowest BCUT2D eigenvalue weighted by Gasteiger charge is -2.11. The van der Waals surface area contributed by atoms with Gasteiger partial charge in [-0.25, -0.2) is 0 Å². The molecule has 2 atom stereocenters. The van der Waals surface area contributed by atoms with Gasteiger partial charge in [-0.05, 0) is 26.2 Å². The van der Waals surface area contributed by atoms with Gasteiger partial charge in [0.05, 0.1) is 0 Å². The quantitative estimate of drug-likeness (QED) is 0.363. The van der Waals surface area contributed by atoms with Gasteiger partial charge in [0.25, 0.3) is 0 Å². The minimum atomic E-state index is 0.181. The Labute approximate surface area is 67.4 Å². The van der Waals surface area contributed by atoms with Crippen molar-refractivity contribution in [3.05, 3.63) is 0 Å². The Morgan fingerprint density at radius 1 is 1.55 bits per heavy atom. The van der Waals surface area contributed by atoms with Crippen molar-refractivity contribution < 1.29 is 0 Å². The first-order valence-electron chi connectivity index (χ1n) is 3.74. The first-order chi connectivity index (χ1) is 5.07. The maximum atomic E-state index is 6.52. The Hall–Kier alpha value is -0.770. The van der Waals surface area contributed by atoms with Gasteiger partial charge in [-0.15, -0.1) is 5.10 Å². The van der Waals surface area contributed by atoms with Crippen LogP contribution in [-0.4, -0.2) is 11.8 Å². The smallest absolute Gasteiger partial charge is 0.0421 e. The fraction of sp³-hybridized carbons (Fsp3) is 0.857. The van der Waals surface area contributed by atoms with Crippen LogP contribution in [0, 0.1) is 11.4 Å². The van der Waals surface area contributed by atoms with Crippen molar-refractivity contribution in [1.82, 2.24) is 0 Å². The predicted octanol–water partition coefficient (Wildman–Crippen LogP) is 1.77. The van der Waals surface area contributed by atoms with E-state index in [1.165, 1.54) is 0 Å².